The third kappa shape index (κ3) is 2.25. The molecular formula is C12H17F2N3O. The number of nitrogens with two attached hydrogens (primary N) is 1. The first-order valence-corrected chi connectivity index (χ1v) is 6.50. The van der Waals surface area contributed by atoms with Gasteiger partial charge in [-0.15, -0.1) is 0 Å². The summed E-state index contributed by atoms with van der Waals surface area (Å²) in [6, 6.07) is 0.196. The van der Waals surface area contributed by atoms with Gasteiger partial charge in [-0.3, -0.25) is 0 Å². The van der Waals surface area contributed by atoms with E-state index < -0.39 is 5.92 Å². The van der Waals surface area contributed by atoms with Crippen molar-refractivity contribution in [2.45, 2.75) is 62.3 Å². The van der Waals surface area contributed by atoms with E-state index in [2.05, 4.69) is 10.1 Å². The van der Waals surface area contributed by atoms with Gasteiger partial charge in [0.25, 0.3) is 0 Å². The zero-order valence-electron chi connectivity index (χ0n) is 10.1. The molecule has 100 valence electrons. The summed E-state index contributed by atoms with van der Waals surface area (Å²) in [5.41, 5.74) is 5.84. The fraction of sp³-hybridized carbons (Fsp3) is 0.833. The molecule has 0 bridgehead atoms. The molecule has 0 saturated heterocycles. The van der Waals surface area contributed by atoms with Gasteiger partial charge in [-0.2, -0.15) is 4.98 Å². The van der Waals surface area contributed by atoms with Gasteiger partial charge in [0.1, 0.15) is 0 Å². The van der Waals surface area contributed by atoms with Crippen molar-refractivity contribution < 1.29 is 13.3 Å². The van der Waals surface area contributed by atoms with Gasteiger partial charge in [0.15, 0.2) is 5.82 Å². The molecule has 0 aliphatic heterocycles. The number of halogens is 2. The lowest BCUT2D eigenvalue weighted by atomic mass is 10.1. The van der Waals surface area contributed by atoms with Crippen molar-refractivity contribution in [3.63, 3.8) is 0 Å². The van der Waals surface area contributed by atoms with E-state index in [0.29, 0.717) is 18.1 Å². The van der Waals surface area contributed by atoms with Crippen LogP contribution in [0, 0.1) is 0 Å². The summed E-state index contributed by atoms with van der Waals surface area (Å²) >= 11 is 0. The SMILES string of the molecule is NC1CCC(c2nc(C3CCC(F)(F)C3)no2)C1. The van der Waals surface area contributed by atoms with E-state index >= 15 is 0 Å². The first kappa shape index (κ1) is 12.0. The van der Waals surface area contributed by atoms with Crippen LogP contribution in [-0.2, 0) is 0 Å². The van der Waals surface area contributed by atoms with Gasteiger partial charge in [0.2, 0.25) is 11.8 Å². The molecule has 2 fully saturated rings. The van der Waals surface area contributed by atoms with Crippen LogP contribution >= 0.6 is 0 Å². The summed E-state index contributed by atoms with van der Waals surface area (Å²) in [4.78, 5) is 4.31. The highest BCUT2D eigenvalue weighted by molar-refractivity contribution is 5.05. The smallest absolute Gasteiger partial charge is 0.248 e. The first-order valence-electron chi connectivity index (χ1n) is 6.50. The molecule has 0 amide bonds. The summed E-state index contributed by atoms with van der Waals surface area (Å²) in [5, 5.41) is 3.87. The highest BCUT2D eigenvalue weighted by atomic mass is 19.3. The zero-order valence-corrected chi connectivity index (χ0v) is 10.1. The molecule has 3 unspecified atom stereocenters. The fourth-order valence-electron chi connectivity index (χ4n) is 2.99. The quantitative estimate of drug-likeness (QED) is 0.884. The Labute approximate surface area is 104 Å². The normalized spacial score (nSPS) is 35.2. The molecule has 2 aliphatic carbocycles. The Morgan fingerprint density at radius 1 is 1.22 bits per heavy atom. The van der Waals surface area contributed by atoms with E-state index in [1.807, 2.05) is 0 Å². The van der Waals surface area contributed by atoms with Gasteiger partial charge in [-0.25, -0.2) is 8.78 Å². The third-order valence-electron chi connectivity index (χ3n) is 4.05. The monoisotopic (exact) mass is 257 g/mol. The van der Waals surface area contributed by atoms with Crippen LogP contribution in [0.2, 0.25) is 0 Å². The largest absolute Gasteiger partial charge is 0.339 e. The van der Waals surface area contributed by atoms with E-state index in [1.54, 1.807) is 0 Å². The summed E-state index contributed by atoms with van der Waals surface area (Å²) < 4.78 is 31.5. The number of rotatable bonds is 2. The van der Waals surface area contributed by atoms with E-state index in [0.717, 1.165) is 19.3 Å². The van der Waals surface area contributed by atoms with Gasteiger partial charge >= 0.3 is 0 Å². The number of nitrogens with zero attached hydrogens (tertiary/aromatic N) is 2. The van der Waals surface area contributed by atoms with Gasteiger partial charge in [-0.05, 0) is 25.7 Å². The molecule has 0 radical (unpaired) electrons. The molecule has 0 aromatic carbocycles. The Balaban J connectivity index is 1.70. The van der Waals surface area contributed by atoms with Crippen LogP contribution in [0.15, 0.2) is 4.52 Å². The van der Waals surface area contributed by atoms with Crippen molar-refractivity contribution in [1.29, 1.82) is 0 Å². The predicted molar refractivity (Wildman–Crippen MR) is 60.4 cm³/mol. The molecule has 3 atom stereocenters. The van der Waals surface area contributed by atoms with Crippen LogP contribution in [-0.4, -0.2) is 22.1 Å². The Kier molecular flexibility index (Phi) is 2.84. The standard InChI is InChI=1S/C12H17F2N3O/c13-12(14)4-3-8(6-12)10-16-11(18-17-10)7-1-2-9(15)5-7/h7-9H,1-6,15H2. The zero-order chi connectivity index (χ0) is 12.8. The molecule has 6 heteroatoms. The van der Waals surface area contributed by atoms with Crippen LogP contribution in [0.3, 0.4) is 0 Å². The first-order chi connectivity index (χ1) is 8.53. The Morgan fingerprint density at radius 3 is 2.67 bits per heavy atom. The maximum Gasteiger partial charge on any atom is 0.248 e. The third-order valence-corrected chi connectivity index (χ3v) is 4.05. The number of aromatic nitrogens is 2. The van der Waals surface area contributed by atoms with Crippen molar-refractivity contribution in [2.75, 3.05) is 0 Å². The Morgan fingerprint density at radius 2 is 2.06 bits per heavy atom. The van der Waals surface area contributed by atoms with Crippen LogP contribution in [0.25, 0.3) is 0 Å². The predicted octanol–water partition coefficient (Wildman–Crippen LogP) is 2.57. The summed E-state index contributed by atoms with van der Waals surface area (Å²) in [6.07, 6.45) is 2.97. The molecule has 1 aromatic rings. The van der Waals surface area contributed by atoms with Crippen LogP contribution < -0.4 is 5.73 Å². The molecule has 2 N–H and O–H groups in total. The van der Waals surface area contributed by atoms with Crippen molar-refractivity contribution in [3.8, 4) is 0 Å². The van der Waals surface area contributed by atoms with Crippen LogP contribution in [0.5, 0.6) is 0 Å². The highest BCUT2D eigenvalue weighted by Crippen LogP contribution is 2.43. The summed E-state index contributed by atoms with van der Waals surface area (Å²) in [7, 11) is 0. The van der Waals surface area contributed by atoms with E-state index in [1.165, 1.54) is 0 Å². The summed E-state index contributed by atoms with van der Waals surface area (Å²) in [5.74, 6) is -1.59. The number of alkyl halides is 2. The van der Waals surface area contributed by atoms with Crippen molar-refractivity contribution in [2.24, 2.45) is 5.73 Å². The Hall–Kier alpha value is -1.04. The lowest BCUT2D eigenvalue weighted by Gasteiger charge is -2.06. The minimum atomic E-state index is -2.57. The van der Waals surface area contributed by atoms with E-state index in [4.69, 9.17) is 10.3 Å². The lowest BCUT2D eigenvalue weighted by molar-refractivity contribution is 0.00750. The molecule has 0 spiro atoms. The molecule has 1 heterocycles. The molecule has 1 aromatic heterocycles. The number of hydrogen-bond donors (Lipinski definition) is 1. The average Bonchev–Trinajstić information content (AvgIpc) is 2.96. The molecule has 2 saturated carbocycles. The molecule has 2 aliphatic rings. The fourth-order valence-corrected chi connectivity index (χ4v) is 2.99. The molecule has 3 rings (SSSR count). The number of hydrogen-bond acceptors (Lipinski definition) is 4. The molecular weight excluding hydrogens is 240 g/mol. The second-order valence-electron chi connectivity index (χ2n) is 5.56. The van der Waals surface area contributed by atoms with Crippen LogP contribution in [0.1, 0.15) is 62.1 Å². The maximum absolute atomic E-state index is 13.1. The maximum atomic E-state index is 13.1. The lowest BCUT2D eigenvalue weighted by Crippen LogP contribution is -2.14. The van der Waals surface area contributed by atoms with Gasteiger partial charge in [0, 0.05) is 30.7 Å². The van der Waals surface area contributed by atoms with Crippen LogP contribution in [0.4, 0.5) is 8.78 Å². The second-order valence-corrected chi connectivity index (χ2v) is 5.56. The van der Waals surface area contributed by atoms with Gasteiger partial charge in [-0.1, -0.05) is 5.16 Å². The average molecular weight is 257 g/mol. The second kappa shape index (κ2) is 4.26. The summed E-state index contributed by atoms with van der Waals surface area (Å²) in [6.45, 7) is 0. The van der Waals surface area contributed by atoms with E-state index in [-0.39, 0.29) is 30.7 Å². The topological polar surface area (TPSA) is 64.9 Å². The molecule has 4 nitrogen and oxygen atoms in total. The highest BCUT2D eigenvalue weighted by Gasteiger charge is 2.42. The van der Waals surface area contributed by atoms with Gasteiger partial charge < -0.3 is 10.3 Å². The van der Waals surface area contributed by atoms with Crippen molar-refractivity contribution >= 4 is 0 Å². The molecule has 18 heavy (non-hydrogen) atoms. The van der Waals surface area contributed by atoms with Gasteiger partial charge in [0.05, 0.1) is 0 Å². The minimum Gasteiger partial charge on any atom is -0.339 e. The van der Waals surface area contributed by atoms with Crippen molar-refractivity contribution in [1.82, 2.24) is 10.1 Å². The minimum absolute atomic E-state index is 0.0736. The van der Waals surface area contributed by atoms with Crippen molar-refractivity contribution in [3.05, 3.63) is 11.7 Å². The van der Waals surface area contributed by atoms with E-state index in [9.17, 15) is 8.78 Å². The Bertz CT molecular complexity index is 435.